The van der Waals surface area contributed by atoms with Crippen molar-refractivity contribution < 1.29 is 19.8 Å². The van der Waals surface area contributed by atoms with E-state index in [2.05, 4.69) is 41.5 Å². The van der Waals surface area contributed by atoms with E-state index in [-0.39, 0.29) is 6.42 Å². The lowest BCUT2D eigenvalue weighted by atomic mass is 9.64. The molecular weight excluding hydrogens is 436 g/mol. The van der Waals surface area contributed by atoms with Crippen molar-refractivity contribution >= 4 is 11.9 Å². The van der Waals surface area contributed by atoms with Gasteiger partial charge in [0, 0.05) is 6.42 Å². The van der Waals surface area contributed by atoms with Gasteiger partial charge in [-0.15, -0.1) is 0 Å². The number of hydrogen-bond acceptors (Lipinski definition) is 2. The number of rotatable bonds is 24. The molecule has 0 bridgehead atoms. The van der Waals surface area contributed by atoms with Crippen LogP contribution in [0.15, 0.2) is 0 Å². The molecule has 0 saturated heterocycles. The molecule has 0 spiro atoms. The van der Waals surface area contributed by atoms with Gasteiger partial charge in [-0.1, -0.05) is 125 Å². The first-order valence-corrected chi connectivity index (χ1v) is 15.1. The van der Waals surface area contributed by atoms with Gasteiger partial charge in [0.25, 0.3) is 0 Å². The Kier molecular flexibility index (Phi) is 19.4. The third-order valence-corrected chi connectivity index (χ3v) is 8.46. The highest BCUT2D eigenvalue weighted by Gasteiger charge is 2.43. The van der Waals surface area contributed by atoms with Gasteiger partial charge >= 0.3 is 11.9 Å². The number of unbranched alkanes of at least 4 members (excludes halogenated alkanes) is 6. The molecular formula is C31H60O4. The lowest BCUT2D eigenvalue weighted by Crippen LogP contribution is -2.38. The third-order valence-electron chi connectivity index (χ3n) is 8.46. The van der Waals surface area contributed by atoms with Gasteiger partial charge in [-0.25, -0.2) is 0 Å². The van der Waals surface area contributed by atoms with E-state index in [0.29, 0.717) is 23.7 Å². The van der Waals surface area contributed by atoms with E-state index in [1.165, 1.54) is 25.7 Å². The van der Waals surface area contributed by atoms with Gasteiger partial charge in [0.15, 0.2) is 0 Å². The summed E-state index contributed by atoms with van der Waals surface area (Å²) in [6, 6.07) is 0. The molecule has 2 N–H and O–H groups in total. The largest absolute Gasteiger partial charge is 0.481 e. The molecule has 3 atom stereocenters. The molecule has 208 valence electrons. The van der Waals surface area contributed by atoms with Gasteiger partial charge in [-0.3, -0.25) is 9.59 Å². The van der Waals surface area contributed by atoms with E-state index in [1.807, 2.05) is 0 Å². The predicted octanol–water partition coefficient (Wildman–Crippen LogP) is 9.75. The summed E-state index contributed by atoms with van der Waals surface area (Å²) >= 11 is 0. The van der Waals surface area contributed by atoms with Crippen molar-refractivity contribution in [1.29, 1.82) is 0 Å². The number of carboxylic acids is 2. The topological polar surface area (TPSA) is 74.6 Å². The summed E-state index contributed by atoms with van der Waals surface area (Å²) < 4.78 is 0. The molecule has 3 unspecified atom stereocenters. The van der Waals surface area contributed by atoms with Gasteiger partial charge in [0.2, 0.25) is 0 Å². The zero-order chi connectivity index (χ0) is 26.7. The fourth-order valence-electron chi connectivity index (χ4n) is 5.89. The number of carbonyl (C=O) groups is 2. The van der Waals surface area contributed by atoms with Crippen LogP contribution in [0.3, 0.4) is 0 Å². The number of aliphatic carboxylic acids is 2. The summed E-state index contributed by atoms with van der Waals surface area (Å²) in [5.74, 6) is 0.642. The molecule has 0 rings (SSSR count). The Bertz CT molecular complexity index is 524. The third kappa shape index (κ3) is 14.9. The summed E-state index contributed by atoms with van der Waals surface area (Å²) in [4.78, 5) is 23.8. The van der Waals surface area contributed by atoms with Crippen LogP contribution >= 0.6 is 0 Å². The molecule has 0 radical (unpaired) electrons. The van der Waals surface area contributed by atoms with E-state index in [0.717, 1.165) is 83.5 Å². The molecule has 0 heterocycles. The molecule has 0 fully saturated rings. The van der Waals surface area contributed by atoms with Crippen LogP contribution in [0.4, 0.5) is 0 Å². The van der Waals surface area contributed by atoms with E-state index >= 15 is 0 Å². The normalized spacial score (nSPS) is 16.1. The minimum atomic E-state index is -0.705. The number of carboxylic acid groups (broad SMARTS) is 2. The summed E-state index contributed by atoms with van der Waals surface area (Å²) in [5.41, 5.74) is -0.612. The smallest absolute Gasteiger partial charge is 0.309 e. The molecule has 0 amide bonds. The first-order valence-electron chi connectivity index (χ1n) is 15.1. The Hall–Kier alpha value is -1.06. The zero-order valence-corrected chi connectivity index (χ0v) is 24.2. The average Bonchev–Trinajstić information content (AvgIpc) is 2.81. The molecule has 0 aromatic rings. The summed E-state index contributed by atoms with van der Waals surface area (Å²) in [5, 5.41) is 19.6. The standard InChI is InChI=1S/C31H60O4/c1-7-11-18-26(9-3)22-31(30(34)35,23-27(10-4)19-12-8-2)24-28(25(5)6)20-16-14-13-15-17-21-29(32)33/h25-28H,7-24H2,1-6H3,(H,32,33)(H,34,35). The quantitative estimate of drug-likeness (QED) is 0.130. The van der Waals surface area contributed by atoms with Crippen molar-refractivity contribution in [3.05, 3.63) is 0 Å². The Balaban J connectivity index is 5.51. The molecule has 0 aromatic heterocycles. The number of hydrogen-bond donors (Lipinski definition) is 2. The van der Waals surface area contributed by atoms with Crippen molar-refractivity contribution in [2.24, 2.45) is 29.1 Å². The van der Waals surface area contributed by atoms with Crippen LogP contribution in [-0.4, -0.2) is 22.2 Å². The van der Waals surface area contributed by atoms with E-state index < -0.39 is 17.4 Å². The van der Waals surface area contributed by atoms with Crippen LogP contribution in [0, 0.1) is 29.1 Å². The lowest BCUT2D eigenvalue weighted by Gasteiger charge is -2.39. The minimum absolute atomic E-state index is 0.267. The second kappa shape index (κ2) is 20.0. The van der Waals surface area contributed by atoms with Gasteiger partial charge < -0.3 is 10.2 Å². The molecule has 0 aliphatic carbocycles. The van der Waals surface area contributed by atoms with Crippen LogP contribution in [0.5, 0.6) is 0 Å². The lowest BCUT2D eigenvalue weighted by molar-refractivity contribution is -0.153. The van der Waals surface area contributed by atoms with E-state index in [4.69, 9.17) is 5.11 Å². The molecule has 0 saturated carbocycles. The second-order valence-corrected chi connectivity index (χ2v) is 11.7. The Labute approximate surface area is 218 Å². The van der Waals surface area contributed by atoms with Gasteiger partial charge in [0.1, 0.15) is 0 Å². The van der Waals surface area contributed by atoms with E-state index in [9.17, 15) is 14.7 Å². The molecule has 35 heavy (non-hydrogen) atoms. The molecule has 4 nitrogen and oxygen atoms in total. The molecule has 0 aromatic carbocycles. The highest BCUT2D eigenvalue weighted by Crippen LogP contribution is 2.46. The Morgan fingerprint density at radius 1 is 0.657 bits per heavy atom. The predicted molar refractivity (Wildman–Crippen MR) is 149 cm³/mol. The summed E-state index contributed by atoms with van der Waals surface area (Å²) in [6.45, 7) is 13.5. The van der Waals surface area contributed by atoms with Crippen LogP contribution in [0.25, 0.3) is 0 Å². The maximum absolute atomic E-state index is 13.1. The van der Waals surface area contributed by atoms with Crippen molar-refractivity contribution in [3.63, 3.8) is 0 Å². The van der Waals surface area contributed by atoms with Gasteiger partial charge in [0.05, 0.1) is 5.41 Å². The second-order valence-electron chi connectivity index (χ2n) is 11.7. The first kappa shape index (κ1) is 33.9. The van der Waals surface area contributed by atoms with Crippen molar-refractivity contribution in [2.75, 3.05) is 0 Å². The highest BCUT2D eigenvalue weighted by atomic mass is 16.4. The van der Waals surface area contributed by atoms with E-state index in [1.54, 1.807) is 0 Å². The fourth-order valence-corrected chi connectivity index (χ4v) is 5.89. The summed E-state index contributed by atoms with van der Waals surface area (Å²) in [7, 11) is 0. The van der Waals surface area contributed by atoms with Crippen LogP contribution in [0.1, 0.15) is 157 Å². The average molecular weight is 497 g/mol. The molecule has 4 heteroatoms. The maximum Gasteiger partial charge on any atom is 0.309 e. The van der Waals surface area contributed by atoms with Gasteiger partial charge in [-0.2, -0.15) is 0 Å². The van der Waals surface area contributed by atoms with Crippen LogP contribution < -0.4 is 0 Å². The zero-order valence-electron chi connectivity index (χ0n) is 24.2. The molecule has 0 aliphatic rings. The first-order chi connectivity index (χ1) is 16.6. The maximum atomic E-state index is 13.1. The SMILES string of the molecule is CCCCC(CC)CC(CC(CC)CCCC)(CC(CCCCCCCC(=O)O)C(C)C)C(=O)O. The monoisotopic (exact) mass is 496 g/mol. The Morgan fingerprint density at radius 2 is 1.14 bits per heavy atom. The van der Waals surface area contributed by atoms with Crippen LogP contribution in [-0.2, 0) is 9.59 Å². The minimum Gasteiger partial charge on any atom is -0.481 e. The summed E-state index contributed by atoms with van der Waals surface area (Å²) in [6.07, 6.45) is 18.0. The van der Waals surface area contributed by atoms with Crippen LogP contribution in [0.2, 0.25) is 0 Å². The van der Waals surface area contributed by atoms with Crippen molar-refractivity contribution in [2.45, 2.75) is 157 Å². The van der Waals surface area contributed by atoms with Crippen molar-refractivity contribution in [3.8, 4) is 0 Å². The highest BCUT2D eigenvalue weighted by molar-refractivity contribution is 5.74. The van der Waals surface area contributed by atoms with Crippen molar-refractivity contribution in [1.82, 2.24) is 0 Å². The Morgan fingerprint density at radius 3 is 1.54 bits per heavy atom. The molecule has 0 aliphatic heterocycles. The fraction of sp³-hybridized carbons (Fsp3) is 0.935. The van der Waals surface area contributed by atoms with Gasteiger partial charge in [-0.05, 0) is 49.4 Å².